The van der Waals surface area contributed by atoms with Gasteiger partial charge in [-0.3, -0.25) is 4.99 Å². The first kappa shape index (κ1) is 10.3. The summed E-state index contributed by atoms with van der Waals surface area (Å²) in [5, 5.41) is 8.91. The third kappa shape index (κ3) is 2.12. The van der Waals surface area contributed by atoms with E-state index in [0.29, 0.717) is 31.2 Å². The Balaban J connectivity index is 2.69. The van der Waals surface area contributed by atoms with Crippen molar-refractivity contribution < 1.29 is 9.90 Å². The molecule has 1 rings (SSSR count). The van der Waals surface area contributed by atoms with Gasteiger partial charge in [-0.2, -0.15) is 0 Å². The monoisotopic (exact) mass is 204 g/mol. The van der Waals surface area contributed by atoms with Gasteiger partial charge in [0.25, 0.3) is 0 Å². The largest absolute Gasteiger partial charge is 0.480 e. The molecule has 0 amide bonds. The zero-order chi connectivity index (χ0) is 9.84. The van der Waals surface area contributed by atoms with Crippen LogP contribution < -0.4 is 0 Å². The summed E-state index contributed by atoms with van der Waals surface area (Å²) in [5.74, 6) is 0.196. The molecule has 0 aromatic rings. The summed E-state index contributed by atoms with van der Waals surface area (Å²) >= 11 is 5.64. The van der Waals surface area contributed by atoms with Crippen molar-refractivity contribution in [3.63, 3.8) is 0 Å². The molecule has 5 heteroatoms. The molecule has 1 atom stereocenters. The van der Waals surface area contributed by atoms with Crippen LogP contribution in [0.4, 0.5) is 0 Å². The molecule has 1 aliphatic heterocycles. The second-order valence-corrected chi connectivity index (χ2v) is 3.15. The van der Waals surface area contributed by atoms with Gasteiger partial charge in [0.2, 0.25) is 0 Å². The fourth-order valence-electron chi connectivity index (χ4n) is 1.49. The molecule has 4 nitrogen and oxygen atoms in total. The van der Waals surface area contributed by atoms with Crippen LogP contribution in [0, 0.1) is 0 Å². The van der Waals surface area contributed by atoms with E-state index >= 15 is 0 Å². The van der Waals surface area contributed by atoms with E-state index in [1.165, 1.54) is 0 Å². The Morgan fingerprint density at radius 3 is 3.00 bits per heavy atom. The van der Waals surface area contributed by atoms with Crippen molar-refractivity contribution in [1.82, 2.24) is 4.90 Å². The van der Waals surface area contributed by atoms with Crippen molar-refractivity contribution in [1.29, 1.82) is 0 Å². The predicted octanol–water partition coefficient (Wildman–Crippen LogP) is 0.802. The van der Waals surface area contributed by atoms with Gasteiger partial charge in [-0.05, 0) is 6.42 Å². The number of nitrogens with zero attached hydrogens (tertiary/aromatic N) is 2. The predicted molar refractivity (Wildman–Crippen MR) is 51.4 cm³/mol. The third-order valence-corrected chi connectivity index (χ3v) is 2.37. The van der Waals surface area contributed by atoms with Gasteiger partial charge >= 0.3 is 5.97 Å². The van der Waals surface area contributed by atoms with Crippen LogP contribution in [0.3, 0.4) is 0 Å². The van der Waals surface area contributed by atoms with Crippen LogP contribution in [0.1, 0.15) is 13.3 Å². The van der Waals surface area contributed by atoms with E-state index in [1.54, 1.807) is 4.90 Å². The molecule has 1 N–H and O–H groups in total. The SMILES string of the molecule is CCC(C(=O)O)N1CCN=C1CCl. The number of alkyl halides is 1. The summed E-state index contributed by atoms with van der Waals surface area (Å²) in [5.41, 5.74) is 0. The Hall–Kier alpha value is -0.770. The molecule has 0 aliphatic carbocycles. The molecule has 0 saturated carbocycles. The first-order valence-electron chi connectivity index (χ1n) is 4.29. The molecular formula is C8H13ClN2O2. The van der Waals surface area contributed by atoms with Crippen LogP contribution in [-0.4, -0.2) is 46.8 Å². The molecular weight excluding hydrogens is 192 g/mol. The Bertz CT molecular complexity index is 230. The minimum absolute atomic E-state index is 0.295. The zero-order valence-electron chi connectivity index (χ0n) is 7.53. The molecule has 0 fully saturated rings. The highest BCUT2D eigenvalue weighted by atomic mass is 35.5. The fourth-order valence-corrected chi connectivity index (χ4v) is 1.73. The van der Waals surface area contributed by atoms with E-state index in [0.717, 1.165) is 0 Å². The van der Waals surface area contributed by atoms with Crippen molar-refractivity contribution in [3.8, 4) is 0 Å². The van der Waals surface area contributed by atoms with Gasteiger partial charge in [-0.1, -0.05) is 6.92 Å². The number of carbonyl (C=O) groups is 1. The molecule has 13 heavy (non-hydrogen) atoms. The second-order valence-electron chi connectivity index (χ2n) is 2.89. The van der Waals surface area contributed by atoms with Crippen LogP contribution in [-0.2, 0) is 4.79 Å². The first-order chi connectivity index (χ1) is 6.20. The van der Waals surface area contributed by atoms with Crippen molar-refractivity contribution in [2.45, 2.75) is 19.4 Å². The molecule has 1 aliphatic rings. The molecule has 0 radical (unpaired) electrons. The number of carboxylic acid groups (broad SMARTS) is 1. The van der Waals surface area contributed by atoms with Crippen LogP contribution >= 0.6 is 11.6 Å². The van der Waals surface area contributed by atoms with Crippen molar-refractivity contribution >= 4 is 23.4 Å². The first-order valence-corrected chi connectivity index (χ1v) is 4.82. The van der Waals surface area contributed by atoms with Gasteiger partial charge in [0.05, 0.1) is 12.4 Å². The zero-order valence-corrected chi connectivity index (χ0v) is 8.29. The van der Waals surface area contributed by atoms with Crippen molar-refractivity contribution in [2.75, 3.05) is 19.0 Å². The Kier molecular flexibility index (Phi) is 3.54. The van der Waals surface area contributed by atoms with Crippen LogP contribution in [0.15, 0.2) is 4.99 Å². The Labute approximate surface area is 82.2 Å². The number of carboxylic acids is 1. The molecule has 0 bridgehead atoms. The molecule has 74 valence electrons. The molecule has 1 unspecified atom stereocenters. The lowest BCUT2D eigenvalue weighted by atomic mass is 10.2. The summed E-state index contributed by atoms with van der Waals surface area (Å²) in [6.07, 6.45) is 0.575. The minimum atomic E-state index is -0.804. The van der Waals surface area contributed by atoms with E-state index in [-0.39, 0.29) is 0 Å². The second kappa shape index (κ2) is 4.46. The highest BCUT2D eigenvalue weighted by molar-refractivity contribution is 6.28. The van der Waals surface area contributed by atoms with Crippen LogP contribution in [0.5, 0.6) is 0 Å². The number of aliphatic imine (C=N–C) groups is 1. The standard InChI is InChI=1S/C8H13ClN2O2/c1-2-6(8(12)13)11-4-3-10-7(11)5-9/h6H,2-5H2,1H3,(H,12,13). The molecule has 0 saturated heterocycles. The van der Waals surface area contributed by atoms with Gasteiger partial charge in [0.1, 0.15) is 11.9 Å². The number of aliphatic carboxylic acids is 1. The maximum Gasteiger partial charge on any atom is 0.326 e. The average Bonchev–Trinajstić information content (AvgIpc) is 2.53. The number of hydrogen-bond acceptors (Lipinski definition) is 3. The molecule has 0 spiro atoms. The maximum absolute atomic E-state index is 10.8. The maximum atomic E-state index is 10.8. The van der Waals surface area contributed by atoms with E-state index in [9.17, 15) is 4.79 Å². The third-order valence-electron chi connectivity index (χ3n) is 2.13. The molecule has 0 aromatic heterocycles. The lowest BCUT2D eigenvalue weighted by Crippen LogP contribution is -2.43. The summed E-state index contributed by atoms with van der Waals surface area (Å²) in [6, 6.07) is -0.472. The number of rotatable bonds is 4. The molecule has 0 aromatic carbocycles. The van der Waals surface area contributed by atoms with E-state index in [1.807, 2.05) is 6.92 Å². The Morgan fingerprint density at radius 2 is 2.54 bits per heavy atom. The minimum Gasteiger partial charge on any atom is -0.480 e. The summed E-state index contributed by atoms with van der Waals surface area (Å²) in [7, 11) is 0. The average molecular weight is 205 g/mol. The summed E-state index contributed by atoms with van der Waals surface area (Å²) < 4.78 is 0. The normalized spacial score (nSPS) is 18.6. The summed E-state index contributed by atoms with van der Waals surface area (Å²) in [6.45, 7) is 3.18. The van der Waals surface area contributed by atoms with Gasteiger partial charge in [-0.15, -0.1) is 11.6 Å². The topological polar surface area (TPSA) is 52.9 Å². The fraction of sp³-hybridized carbons (Fsp3) is 0.750. The van der Waals surface area contributed by atoms with Crippen LogP contribution in [0.25, 0.3) is 0 Å². The summed E-state index contributed by atoms with van der Waals surface area (Å²) in [4.78, 5) is 16.7. The lowest BCUT2D eigenvalue weighted by molar-refractivity contribution is -0.141. The quantitative estimate of drug-likeness (QED) is 0.690. The van der Waals surface area contributed by atoms with E-state index in [4.69, 9.17) is 16.7 Å². The van der Waals surface area contributed by atoms with Crippen molar-refractivity contribution in [3.05, 3.63) is 0 Å². The van der Waals surface area contributed by atoms with Crippen molar-refractivity contribution in [2.24, 2.45) is 4.99 Å². The number of halogens is 1. The number of amidine groups is 1. The van der Waals surface area contributed by atoms with Gasteiger partial charge in [-0.25, -0.2) is 4.79 Å². The van der Waals surface area contributed by atoms with Crippen LogP contribution in [0.2, 0.25) is 0 Å². The highest BCUT2D eigenvalue weighted by Crippen LogP contribution is 2.11. The number of hydrogen-bond donors (Lipinski definition) is 1. The molecule has 1 heterocycles. The highest BCUT2D eigenvalue weighted by Gasteiger charge is 2.28. The smallest absolute Gasteiger partial charge is 0.326 e. The van der Waals surface area contributed by atoms with Gasteiger partial charge in [0, 0.05) is 6.54 Å². The van der Waals surface area contributed by atoms with E-state index in [2.05, 4.69) is 4.99 Å². The van der Waals surface area contributed by atoms with E-state index < -0.39 is 12.0 Å². The lowest BCUT2D eigenvalue weighted by Gasteiger charge is -2.25. The Morgan fingerprint density at radius 1 is 1.85 bits per heavy atom. The van der Waals surface area contributed by atoms with Gasteiger partial charge < -0.3 is 10.0 Å². The van der Waals surface area contributed by atoms with Gasteiger partial charge in [0.15, 0.2) is 0 Å².